The molecule has 1 amide bonds. The molecule has 1 aliphatic rings. The number of carbonyl (C=O) groups excluding carboxylic acids is 1. The van der Waals surface area contributed by atoms with Gasteiger partial charge in [-0.3, -0.25) is 4.79 Å². The molecule has 3 heterocycles. The van der Waals surface area contributed by atoms with E-state index in [1.807, 2.05) is 37.3 Å². The summed E-state index contributed by atoms with van der Waals surface area (Å²) in [5.74, 6) is -0.651. The predicted molar refractivity (Wildman–Crippen MR) is 144 cm³/mol. The monoisotopic (exact) mass is 531 g/mol. The van der Waals surface area contributed by atoms with Crippen molar-refractivity contribution < 1.29 is 23.1 Å². The van der Waals surface area contributed by atoms with Crippen molar-refractivity contribution in [3.63, 3.8) is 0 Å². The summed E-state index contributed by atoms with van der Waals surface area (Å²) >= 11 is 0. The second-order valence-electron chi connectivity index (χ2n) is 9.81. The van der Waals surface area contributed by atoms with Crippen LogP contribution in [-0.4, -0.2) is 45.2 Å². The summed E-state index contributed by atoms with van der Waals surface area (Å²) in [5.41, 5.74) is 4.07. The minimum atomic E-state index is -4.62. The normalized spacial score (nSPS) is 15.8. The Morgan fingerprint density at radius 2 is 1.95 bits per heavy atom. The molecule has 0 saturated carbocycles. The Kier molecular flexibility index (Phi) is 5.99. The lowest BCUT2D eigenvalue weighted by molar-refractivity contribution is -0.137. The van der Waals surface area contributed by atoms with Gasteiger partial charge >= 0.3 is 6.18 Å². The van der Waals surface area contributed by atoms with Gasteiger partial charge in [0, 0.05) is 52.5 Å². The number of amides is 1. The van der Waals surface area contributed by atoms with Crippen LogP contribution in [0.1, 0.15) is 27.9 Å². The summed E-state index contributed by atoms with van der Waals surface area (Å²) in [6.45, 7) is 2.58. The van der Waals surface area contributed by atoms with Gasteiger partial charge < -0.3 is 20.3 Å². The number of nitrogens with zero attached hydrogens (tertiary/aromatic N) is 3. The van der Waals surface area contributed by atoms with Gasteiger partial charge in [0.25, 0.3) is 5.91 Å². The van der Waals surface area contributed by atoms with Crippen LogP contribution in [-0.2, 0) is 6.18 Å². The fourth-order valence-corrected chi connectivity index (χ4v) is 5.08. The van der Waals surface area contributed by atoms with E-state index in [1.165, 1.54) is 12.4 Å². The third-order valence-electron chi connectivity index (χ3n) is 7.12. The number of β-amino-alcohol motifs (C(OH)–C–C–N with tert-alkyl or cyclic N) is 1. The summed E-state index contributed by atoms with van der Waals surface area (Å²) < 4.78 is 41.0. The van der Waals surface area contributed by atoms with Gasteiger partial charge in [-0.05, 0) is 66.4 Å². The van der Waals surface area contributed by atoms with Gasteiger partial charge in [0.15, 0.2) is 0 Å². The average molecular weight is 532 g/mol. The van der Waals surface area contributed by atoms with Crippen molar-refractivity contribution in [1.29, 1.82) is 0 Å². The molecule has 1 unspecified atom stereocenters. The van der Waals surface area contributed by atoms with Crippen molar-refractivity contribution in [2.75, 3.05) is 23.3 Å². The van der Waals surface area contributed by atoms with Crippen molar-refractivity contribution in [1.82, 2.24) is 15.0 Å². The van der Waals surface area contributed by atoms with Crippen LogP contribution in [0.3, 0.4) is 0 Å². The third kappa shape index (κ3) is 4.79. The molecule has 1 aliphatic heterocycles. The molecule has 2 aromatic heterocycles. The number of aromatic amines is 1. The van der Waals surface area contributed by atoms with Crippen molar-refractivity contribution in [3.8, 4) is 11.1 Å². The van der Waals surface area contributed by atoms with E-state index in [1.54, 1.807) is 17.2 Å². The molecule has 6 rings (SSSR count). The van der Waals surface area contributed by atoms with Gasteiger partial charge in [0.1, 0.15) is 12.0 Å². The van der Waals surface area contributed by atoms with Crippen molar-refractivity contribution in [2.24, 2.45) is 0 Å². The molecule has 0 aliphatic carbocycles. The second-order valence-corrected chi connectivity index (χ2v) is 9.81. The second kappa shape index (κ2) is 9.39. The first-order valence-corrected chi connectivity index (χ1v) is 12.4. The Hall–Kier alpha value is -4.44. The standard InChI is InChI=1S/C29H24F3N5O2/c1-16-2-4-20(12-24(16)17-3-5-23-25-13-33-15-34-27(25)36-26(23)10-17)35-28(39)18-8-19(29(30,31)32)11-21(9-18)37-7-6-22(38)14-37/h2-5,8-13,15,22,38H,6-7,14H2,1H3,(H,35,39)(H,33,34,36). The lowest BCUT2D eigenvalue weighted by atomic mass is 9.98. The number of aryl methyl sites for hydroxylation is 1. The number of alkyl halides is 3. The fourth-order valence-electron chi connectivity index (χ4n) is 5.08. The van der Waals surface area contributed by atoms with E-state index in [0.717, 1.165) is 50.8 Å². The van der Waals surface area contributed by atoms with E-state index < -0.39 is 23.8 Å². The molecule has 198 valence electrons. The van der Waals surface area contributed by atoms with Crippen LogP contribution >= 0.6 is 0 Å². The Morgan fingerprint density at radius 3 is 2.72 bits per heavy atom. The van der Waals surface area contributed by atoms with Gasteiger partial charge in [0.05, 0.1) is 11.7 Å². The topological polar surface area (TPSA) is 94.1 Å². The molecule has 0 bridgehead atoms. The number of halogens is 3. The molecule has 3 N–H and O–H groups in total. The zero-order valence-electron chi connectivity index (χ0n) is 20.9. The lowest BCUT2D eigenvalue weighted by Gasteiger charge is -2.21. The molecular formula is C29H24F3N5O2. The van der Waals surface area contributed by atoms with Gasteiger partial charge in [-0.25, -0.2) is 9.97 Å². The number of rotatable bonds is 4. The minimum Gasteiger partial charge on any atom is -0.391 e. The molecule has 1 saturated heterocycles. The van der Waals surface area contributed by atoms with Crippen LogP contribution in [0.25, 0.3) is 33.1 Å². The van der Waals surface area contributed by atoms with Crippen LogP contribution in [0.5, 0.6) is 0 Å². The highest BCUT2D eigenvalue weighted by Gasteiger charge is 2.33. The predicted octanol–water partition coefficient (Wildman–Crippen LogP) is 5.93. The third-order valence-corrected chi connectivity index (χ3v) is 7.12. The van der Waals surface area contributed by atoms with Crippen LogP contribution in [0.4, 0.5) is 24.5 Å². The smallest absolute Gasteiger partial charge is 0.391 e. The Bertz CT molecular complexity index is 1730. The van der Waals surface area contributed by atoms with Crippen LogP contribution < -0.4 is 10.2 Å². The maximum absolute atomic E-state index is 13.7. The van der Waals surface area contributed by atoms with E-state index >= 15 is 0 Å². The number of fused-ring (bicyclic) bond motifs is 3. The summed E-state index contributed by atoms with van der Waals surface area (Å²) in [6.07, 6.45) is -1.53. The highest BCUT2D eigenvalue weighted by Crippen LogP contribution is 2.35. The lowest BCUT2D eigenvalue weighted by Crippen LogP contribution is -2.23. The maximum atomic E-state index is 13.7. The molecule has 10 heteroatoms. The molecule has 0 radical (unpaired) electrons. The van der Waals surface area contributed by atoms with Crippen LogP contribution in [0.15, 0.2) is 67.1 Å². The summed E-state index contributed by atoms with van der Waals surface area (Å²) in [6, 6.07) is 14.6. The summed E-state index contributed by atoms with van der Waals surface area (Å²) in [4.78, 5) is 26.5. The first kappa shape index (κ1) is 24.9. The first-order chi connectivity index (χ1) is 18.7. The number of aliphatic hydroxyl groups excluding tert-OH is 1. The van der Waals surface area contributed by atoms with Crippen molar-refractivity contribution in [2.45, 2.75) is 25.6 Å². The highest BCUT2D eigenvalue weighted by atomic mass is 19.4. The van der Waals surface area contributed by atoms with Gasteiger partial charge in [-0.15, -0.1) is 0 Å². The van der Waals surface area contributed by atoms with Crippen LogP contribution in [0.2, 0.25) is 0 Å². The average Bonchev–Trinajstić information content (AvgIpc) is 3.52. The maximum Gasteiger partial charge on any atom is 0.416 e. The van der Waals surface area contributed by atoms with Gasteiger partial charge in [-0.1, -0.05) is 18.2 Å². The van der Waals surface area contributed by atoms with E-state index in [4.69, 9.17) is 0 Å². The molecule has 5 aromatic rings. The van der Waals surface area contributed by atoms with Crippen LogP contribution in [0, 0.1) is 6.92 Å². The molecule has 7 nitrogen and oxygen atoms in total. The fraction of sp³-hybridized carbons (Fsp3) is 0.207. The van der Waals surface area contributed by atoms with Gasteiger partial charge in [0.2, 0.25) is 0 Å². The number of aliphatic hydroxyl groups is 1. The van der Waals surface area contributed by atoms with E-state index in [9.17, 15) is 23.1 Å². The molecular weight excluding hydrogens is 507 g/mol. The number of carbonyl (C=O) groups is 1. The number of aromatic nitrogens is 3. The number of hydrogen-bond acceptors (Lipinski definition) is 5. The van der Waals surface area contributed by atoms with Crippen molar-refractivity contribution in [3.05, 3.63) is 83.8 Å². The Labute approximate surface area is 221 Å². The van der Waals surface area contributed by atoms with Gasteiger partial charge in [-0.2, -0.15) is 13.2 Å². The quantitative estimate of drug-likeness (QED) is 0.267. The molecule has 39 heavy (non-hydrogen) atoms. The summed E-state index contributed by atoms with van der Waals surface area (Å²) in [5, 5.41) is 14.5. The van der Waals surface area contributed by atoms with E-state index in [0.29, 0.717) is 18.7 Å². The summed E-state index contributed by atoms with van der Waals surface area (Å²) in [7, 11) is 0. The number of H-pyrrole nitrogens is 1. The molecule has 1 fully saturated rings. The zero-order valence-corrected chi connectivity index (χ0v) is 20.9. The highest BCUT2D eigenvalue weighted by molar-refractivity contribution is 6.07. The molecule has 3 aromatic carbocycles. The Balaban J connectivity index is 1.32. The number of hydrogen-bond donors (Lipinski definition) is 3. The number of nitrogens with one attached hydrogen (secondary N) is 2. The Morgan fingerprint density at radius 1 is 1.10 bits per heavy atom. The zero-order chi connectivity index (χ0) is 27.3. The number of anilines is 2. The first-order valence-electron chi connectivity index (χ1n) is 12.4. The van der Waals surface area contributed by atoms with E-state index in [2.05, 4.69) is 20.3 Å². The SMILES string of the molecule is Cc1ccc(NC(=O)c2cc(N3CCC(O)C3)cc(C(F)(F)F)c2)cc1-c1ccc2c(c1)[nH]c1ncncc12. The van der Waals surface area contributed by atoms with Crippen molar-refractivity contribution >= 4 is 39.2 Å². The molecule has 0 spiro atoms. The molecule has 1 atom stereocenters. The largest absolute Gasteiger partial charge is 0.416 e. The number of benzene rings is 3. The minimum absolute atomic E-state index is 0.107. The van der Waals surface area contributed by atoms with E-state index in [-0.39, 0.29) is 17.8 Å².